The number of carbonyl (C=O) groups excluding carboxylic acids is 2. The van der Waals surface area contributed by atoms with Gasteiger partial charge in [0.15, 0.2) is 6.61 Å². The van der Waals surface area contributed by atoms with Crippen molar-refractivity contribution >= 4 is 11.9 Å². The van der Waals surface area contributed by atoms with E-state index in [-0.39, 0.29) is 6.61 Å². The lowest BCUT2D eigenvalue weighted by Crippen LogP contribution is -2.38. The van der Waals surface area contributed by atoms with Crippen LogP contribution in [0, 0.1) is 5.92 Å². The van der Waals surface area contributed by atoms with Crippen LogP contribution in [-0.4, -0.2) is 25.1 Å². The molecule has 6 nitrogen and oxygen atoms in total. The molecule has 20 heavy (non-hydrogen) atoms. The zero-order chi connectivity index (χ0) is 15.0. The lowest BCUT2D eigenvalue weighted by Gasteiger charge is -2.12. The summed E-state index contributed by atoms with van der Waals surface area (Å²) in [5.74, 6) is 0.607. The highest BCUT2D eigenvalue weighted by Crippen LogP contribution is 2.17. The molecule has 0 unspecified atom stereocenters. The van der Waals surface area contributed by atoms with E-state index in [1.54, 1.807) is 6.07 Å². The van der Waals surface area contributed by atoms with Gasteiger partial charge in [0.25, 0.3) is 5.91 Å². The molecule has 0 aliphatic rings. The van der Waals surface area contributed by atoms with Crippen molar-refractivity contribution in [1.29, 1.82) is 0 Å². The molecule has 4 N–H and O–H groups in total. The molecule has 0 heterocycles. The Morgan fingerprint density at radius 2 is 2.00 bits per heavy atom. The summed E-state index contributed by atoms with van der Waals surface area (Å²) in [6, 6.07) is 6.56. The predicted octanol–water partition coefficient (Wildman–Crippen LogP) is 1.01. The van der Waals surface area contributed by atoms with Crippen LogP contribution in [0.25, 0.3) is 0 Å². The van der Waals surface area contributed by atoms with E-state index in [0.29, 0.717) is 18.2 Å². The molecule has 1 rings (SSSR count). The molecule has 110 valence electrons. The van der Waals surface area contributed by atoms with Gasteiger partial charge >= 0.3 is 6.03 Å². The molecule has 0 saturated heterocycles. The van der Waals surface area contributed by atoms with Crippen LogP contribution >= 0.6 is 0 Å². The van der Waals surface area contributed by atoms with Crippen molar-refractivity contribution in [1.82, 2.24) is 10.6 Å². The van der Waals surface area contributed by atoms with Gasteiger partial charge in [-0.1, -0.05) is 32.0 Å². The van der Waals surface area contributed by atoms with Gasteiger partial charge in [-0.25, -0.2) is 4.79 Å². The number of rotatable bonds is 7. The highest BCUT2D eigenvalue weighted by atomic mass is 16.5. The minimum absolute atomic E-state index is 0.246. The standard InChI is InChI=1S/C14H21N3O3/c1-10(2)7-16-8-11-5-3-4-6-12(11)20-9-13(18)17-14(15)19/h3-6,10,16H,7-9H2,1-2H3,(H3,15,17,18,19). The molecule has 0 bridgehead atoms. The zero-order valence-corrected chi connectivity index (χ0v) is 11.8. The van der Waals surface area contributed by atoms with Gasteiger partial charge in [-0.3, -0.25) is 10.1 Å². The Hall–Kier alpha value is -2.08. The number of hydrogen-bond acceptors (Lipinski definition) is 4. The van der Waals surface area contributed by atoms with Crippen molar-refractivity contribution in [3.8, 4) is 5.75 Å². The SMILES string of the molecule is CC(C)CNCc1ccccc1OCC(=O)NC(N)=O. The minimum Gasteiger partial charge on any atom is -0.483 e. The Morgan fingerprint density at radius 3 is 2.65 bits per heavy atom. The van der Waals surface area contributed by atoms with Crippen LogP contribution in [0.3, 0.4) is 0 Å². The molecule has 1 aromatic rings. The lowest BCUT2D eigenvalue weighted by atomic mass is 10.2. The number of benzene rings is 1. The topological polar surface area (TPSA) is 93.4 Å². The van der Waals surface area contributed by atoms with E-state index in [9.17, 15) is 9.59 Å². The van der Waals surface area contributed by atoms with Crippen LogP contribution in [-0.2, 0) is 11.3 Å². The van der Waals surface area contributed by atoms with Gasteiger partial charge in [-0.15, -0.1) is 0 Å². The van der Waals surface area contributed by atoms with Gasteiger partial charge in [0.05, 0.1) is 0 Å². The minimum atomic E-state index is -0.884. The predicted molar refractivity (Wildman–Crippen MR) is 76.2 cm³/mol. The highest BCUT2D eigenvalue weighted by molar-refractivity contribution is 5.94. The third-order valence-electron chi connectivity index (χ3n) is 2.46. The molecule has 0 saturated carbocycles. The summed E-state index contributed by atoms with van der Waals surface area (Å²) in [6.45, 7) is 5.57. The third kappa shape index (κ3) is 6.19. The molecule has 0 aromatic heterocycles. The molecule has 0 radical (unpaired) electrons. The second-order valence-electron chi connectivity index (χ2n) is 4.83. The number of hydrogen-bond donors (Lipinski definition) is 3. The molecule has 0 aliphatic heterocycles. The normalized spacial score (nSPS) is 10.3. The van der Waals surface area contributed by atoms with Crippen LogP contribution in [0.4, 0.5) is 4.79 Å². The Bertz CT molecular complexity index is 461. The van der Waals surface area contributed by atoms with Crippen LogP contribution in [0.2, 0.25) is 0 Å². The summed E-state index contributed by atoms with van der Waals surface area (Å²) in [4.78, 5) is 21.8. The molecular formula is C14H21N3O3. The third-order valence-corrected chi connectivity index (χ3v) is 2.46. The van der Waals surface area contributed by atoms with Gasteiger partial charge in [-0.2, -0.15) is 0 Å². The number of para-hydroxylation sites is 1. The number of imide groups is 1. The fourth-order valence-corrected chi connectivity index (χ4v) is 1.60. The van der Waals surface area contributed by atoms with Crippen LogP contribution < -0.4 is 21.1 Å². The van der Waals surface area contributed by atoms with E-state index in [0.717, 1.165) is 12.1 Å². The highest BCUT2D eigenvalue weighted by Gasteiger charge is 2.08. The Morgan fingerprint density at radius 1 is 1.30 bits per heavy atom. The molecule has 0 aliphatic carbocycles. The van der Waals surface area contributed by atoms with Crippen molar-refractivity contribution in [3.05, 3.63) is 29.8 Å². The van der Waals surface area contributed by atoms with E-state index < -0.39 is 11.9 Å². The smallest absolute Gasteiger partial charge is 0.318 e. The molecule has 0 fully saturated rings. The number of ether oxygens (including phenoxy) is 1. The average molecular weight is 279 g/mol. The molecule has 6 heteroatoms. The van der Waals surface area contributed by atoms with Gasteiger partial charge in [0.1, 0.15) is 5.75 Å². The fraction of sp³-hybridized carbons (Fsp3) is 0.429. The molecule has 0 spiro atoms. The summed E-state index contributed by atoms with van der Waals surface area (Å²) < 4.78 is 5.40. The summed E-state index contributed by atoms with van der Waals surface area (Å²) in [6.07, 6.45) is 0. The maximum Gasteiger partial charge on any atom is 0.318 e. The van der Waals surface area contributed by atoms with E-state index in [4.69, 9.17) is 10.5 Å². The van der Waals surface area contributed by atoms with Crippen molar-refractivity contribution in [3.63, 3.8) is 0 Å². The van der Waals surface area contributed by atoms with E-state index in [1.165, 1.54) is 0 Å². The summed E-state index contributed by atoms with van der Waals surface area (Å²) in [5, 5.41) is 5.26. The fourth-order valence-electron chi connectivity index (χ4n) is 1.60. The monoisotopic (exact) mass is 279 g/mol. The Labute approximate surface area is 118 Å². The number of primary amides is 1. The molecule has 3 amide bonds. The number of carbonyl (C=O) groups is 2. The van der Waals surface area contributed by atoms with Gasteiger partial charge < -0.3 is 15.8 Å². The number of amides is 3. The van der Waals surface area contributed by atoms with E-state index in [2.05, 4.69) is 19.2 Å². The van der Waals surface area contributed by atoms with Crippen LogP contribution in [0.15, 0.2) is 24.3 Å². The first-order valence-corrected chi connectivity index (χ1v) is 6.49. The van der Waals surface area contributed by atoms with Gasteiger partial charge in [-0.05, 0) is 18.5 Å². The maximum absolute atomic E-state index is 11.3. The van der Waals surface area contributed by atoms with Crippen molar-refractivity contribution in [2.24, 2.45) is 11.7 Å². The number of nitrogens with one attached hydrogen (secondary N) is 2. The summed E-state index contributed by atoms with van der Waals surface area (Å²) >= 11 is 0. The summed E-state index contributed by atoms with van der Waals surface area (Å²) in [7, 11) is 0. The molecule has 0 atom stereocenters. The Kier molecular flexibility index (Phi) is 6.52. The molecular weight excluding hydrogens is 258 g/mol. The molecule has 1 aromatic carbocycles. The van der Waals surface area contributed by atoms with Crippen molar-refractivity contribution in [2.75, 3.05) is 13.2 Å². The quantitative estimate of drug-likeness (QED) is 0.694. The maximum atomic E-state index is 11.3. The van der Waals surface area contributed by atoms with Gasteiger partial charge in [0.2, 0.25) is 0 Å². The lowest BCUT2D eigenvalue weighted by molar-refractivity contribution is -0.121. The summed E-state index contributed by atoms with van der Waals surface area (Å²) in [5.41, 5.74) is 5.81. The van der Waals surface area contributed by atoms with Gasteiger partial charge in [0, 0.05) is 12.1 Å². The van der Waals surface area contributed by atoms with E-state index in [1.807, 2.05) is 23.5 Å². The van der Waals surface area contributed by atoms with E-state index >= 15 is 0 Å². The average Bonchev–Trinajstić information content (AvgIpc) is 2.36. The zero-order valence-electron chi connectivity index (χ0n) is 11.8. The number of nitrogens with two attached hydrogens (primary N) is 1. The van der Waals surface area contributed by atoms with Crippen molar-refractivity contribution in [2.45, 2.75) is 20.4 Å². The first kappa shape index (κ1) is 16.0. The largest absolute Gasteiger partial charge is 0.483 e. The van der Waals surface area contributed by atoms with Crippen molar-refractivity contribution < 1.29 is 14.3 Å². The Balaban J connectivity index is 2.52. The van der Waals surface area contributed by atoms with Crippen LogP contribution in [0.1, 0.15) is 19.4 Å². The second-order valence-corrected chi connectivity index (χ2v) is 4.83. The number of urea groups is 1. The second kappa shape index (κ2) is 8.16. The van der Waals surface area contributed by atoms with Crippen LogP contribution in [0.5, 0.6) is 5.75 Å². The first-order valence-electron chi connectivity index (χ1n) is 6.49. The first-order chi connectivity index (χ1) is 9.49.